The van der Waals surface area contributed by atoms with Gasteiger partial charge in [0, 0.05) is 17.6 Å². The molecule has 132 valence electrons. The van der Waals surface area contributed by atoms with Crippen molar-refractivity contribution in [3.63, 3.8) is 0 Å². The molecule has 0 radical (unpaired) electrons. The molecule has 1 aliphatic rings. The number of carbonyl (C=O) groups excluding carboxylic acids is 1. The maximum atomic E-state index is 12.2. The summed E-state index contributed by atoms with van der Waals surface area (Å²) in [4.78, 5) is 25.5. The molecule has 5 nitrogen and oxygen atoms in total. The maximum Gasteiger partial charge on any atom is 0.410 e. The van der Waals surface area contributed by atoms with Crippen LogP contribution in [0.4, 0.5) is 4.79 Å². The fraction of sp³-hybridized carbons (Fsp3) is 0.556. The van der Waals surface area contributed by atoms with Gasteiger partial charge in [0.25, 0.3) is 0 Å². The fourth-order valence-corrected chi connectivity index (χ4v) is 3.43. The summed E-state index contributed by atoms with van der Waals surface area (Å²) in [5.74, 6) is -1.38. The normalized spacial score (nSPS) is 19.2. The van der Waals surface area contributed by atoms with E-state index < -0.39 is 17.5 Å². The lowest BCUT2D eigenvalue weighted by Crippen LogP contribution is -2.36. The van der Waals surface area contributed by atoms with E-state index in [-0.39, 0.29) is 12.0 Å². The zero-order valence-corrected chi connectivity index (χ0v) is 15.9. The standard InChI is InChI=1S/C18H24BrNO4/c1-18(2,3)24-17(23)20-8-7-13(11-20)15(16(21)22)10-12-5-4-6-14(19)9-12/h4-6,9,13,15H,7-8,10-11H2,1-3H3,(H,21,22). The molecule has 1 fully saturated rings. The summed E-state index contributed by atoms with van der Waals surface area (Å²) in [5.41, 5.74) is 0.435. The second-order valence-electron chi connectivity index (χ2n) is 7.25. The first-order valence-electron chi connectivity index (χ1n) is 8.11. The van der Waals surface area contributed by atoms with Gasteiger partial charge in [-0.15, -0.1) is 0 Å². The highest BCUT2D eigenvalue weighted by atomic mass is 79.9. The molecule has 1 aromatic rings. The largest absolute Gasteiger partial charge is 0.481 e. The summed E-state index contributed by atoms with van der Waals surface area (Å²) in [7, 11) is 0. The Morgan fingerprint density at radius 2 is 2.12 bits per heavy atom. The first-order valence-corrected chi connectivity index (χ1v) is 8.90. The summed E-state index contributed by atoms with van der Waals surface area (Å²) in [5, 5.41) is 9.63. The minimum Gasteiger partial charge on any atom is -0.481 e. The monoisotopic (exact) mass is 397 g/mol. The van der Waals surface area contributed by atoms with E-state index in [4.69, 9.17) is 4.74 Å². The number of hydrogen-bond acceptors (Lipinski definition) is 3. The number of hydrogen-bond donors (Lipinski definition) is 1. The van der Waals surface area contributed by atoms with Crippen molar-refractivity contribution in [3.05, 3.63) is 34.3 Å². The Hall–Kier alpha value is -1.56. The zero-order valence-electron chi connectivity index (χ0n) is 14.3. The number of likely N-dealkylation sites (tertiary alicyclic amines) is 1. The van der Waals surface area contributed by atoms with Crippen molar-refractivity contribution in [2.75, 3.05) is 13.1 Å². The van der Waals surface area contributed by atoms with Gasteiger partial charge in [0.05, 0.1) is 5.92 Å². The predicted molar refractivity (Wildman–Crippen MR) is 94.9 cm³/mol. The number of carbonyl (C=O) groups is 2. The van der Waals surface area contributed by atoms with E-state index in [1.165, 1.54) is 0 Å². The molecule has 0 saturated carbocycles. The number of amides is 1. The quantitative estimate of drug-likeness (QED) is 0.834. The third kappa shape index (κ3) is 5.23. The van der Waals surface area contributed by atoms with Crippen molar-refractivity contribution in [1.82, 2.24) is 4.90 Å². The van der Waals surface area contributed by atoms with E-state index in [1.807, 2.05) is 45.0 Å². The molecule has 1 aromatic carbocycles. The Balaban J connectivity index is 2.02. The second kappa shape index (κ2) is 7.55. The van der Waals surface area contributed by atoms with Crippen LogP contribution in [0.25, 0.3) is 0 Å². The third-order valence-corrected chi connectivity index (χ3v) is 4.60. The Morgan fingerprint density at radius 1 is 1.42 bits per heavy atom. The molecule has 1 amide bonds. The summed E-state index contributed by atoms with van der Waals surface area (Å²) < 4.78 is 6.31. The molecule has 1 N–H and O–H groups in total. The van der Waals surface area contributed by atoms with Crippen molar-refractivity contribution in [2.45, 2.75) is 39.2 Å². The average molecular weight is 398 g/mol. The van der Waals surface area contributed by atoms with Gasteiger partial charge in [0.15, 0.2) is 0 Å². The van der Waals surface area contributed by atoms with Crippen LogP contribution < -0.4 is 0 Å². The van der Waals surface area contributed by atoms with Crippen molar-refractivity contribution < 1.29 is 19.4 Å². The molecule has 2 atom stereocenters. The topological polar surface area (TPSA) is 66.8 Å². The number of halogens is 1. The highest BCUT2D eigenvalue weighted by Crippen LogP contribution is 2.29. The average Bonchev–Trinajstić information content (AvgIpc) is 2.92. The summed E-state index contributed by atoms with van der Waals surface area (Å²) in [6.45, 7) is 6.45. The van der Waals surface area contributed by atoms with Gasteiger partial charge >= 0.3 is 12.1 Å². The van der Waals surface area contributed by atoms with Crippen molar-refractivity contribution in [2.24, 2.45) is 11.8 Å². The van der Waals surface area contributed by atoms with Gasteiger partial charge in [0.1, 0.15) is 5.60 Å². The van der Waals surface area contributed by atoms with Crippen LogP contribution in [-0.4, -0.2) is 40.8 Å². The zero-order chi connectivity index (χ0) is 17.9. The van der Waals surface area contributed by atoms with Gasteiger partial charge in [0.2, 0.25) is 0 Å². The van der Waals surface area contributed by atoms with Gasteiger partial charge in [-0.2, -0.15) is 0 Å². The van der Waals surface area contributed by atoms with Crippen LogP contribution in [-0.2, 0) is 16.0 Å². The molecule has 1 heterocycles. The van der Waals surface area contributed by atoms with E-state index in [9.17, 15) is 14.7 Å². The molecule has 2 rings (SSSR count). The molecule has 2 unspecified atom stereocenters. The van der Waals surface area contributed by atoms with Gasteiger partial charge in [-0.1, -0.05) is 28.1 Å². The highest BCUT2D eigenvalue weighted by Gasteiger charge is 2.37. The van der Waals surface area contributed by atoms with Crippen LogP contribution in [0.2, 0.25) is 0 Å². The Labute approximate surface area is 151 Å². The molecule has 0 bridgehead atoms. The molecule has 0 aliphatic carbocycles. The molecule has 0 spiro atoms. The molecule has 1 aliphatic heterocycles. The summed E-state index contributed by atoms with van der Waals surface area (Å²) in [6.07, 6.45) is 0.780. The number of carboxylic acid groups (broad SMARTS) is 1. The Bertz CT molecular complexity index is 611. The third-order valence-electron chi connectivity index (χ3n) is 4.11. The lowest BCUT2D eigenvalue weighted by atomic mass is 9.86. The van der Waals surface area contributed by atoms with Crippen LogP contribution in [0, 0.1) is 11.8 Å². The van der Waals surface area contributed by atoms with Crippen molar-refractivity contribution in [3.8, 4) is 0 Å². The van der Waals surface area contributed by atoms with Crippen LogP contribution in [0.1, 0.15) is 32.8 Å². The Morgan fingerprint density at radius 3 is 2.71 bits per heavy atom. The molecule has 24 heavy (non-hydrogen) atoms. The lowest BCUT2D eigenvalue weighted by Gasteiger charge is -2.25. The first kappa shape index (κ1) is 18.8. The van der Waals surface area contributed by atoms with Gasteiger partial charge < -0.3 is 14.7 Å². The molecular weight excluding hydrogens is 374 g/mol. The van der Waals surface area contributed by atoms with Crippen LogP contribution in [0.15, 0.2) is 28.7 Å². The number of rotatable bonds is 4. The predicted octanol–water partition coefficient (Wildman–Crippen LogP) is 3.95. The Kier molecular flexibility index (Phi) is 5.91. The smallest absolute Gasteiger partial charge is 0.410 e. The van der Waals surface area contributed by atoms with Crippen LogP contribution in [0.3, 0.4) is 0 Å². The maximum absolute atomic E-state index is 12.2. The number of nitrogens with zero attached hydrogens (tertiary/aromatic N) is 1. The van der Waals surface area contributed by atoms with Gasteiger partial charge in [-0.3, -0.25) is 4.79 Å². The minimum atomic E-state index is -0.814. The number of ether oxygens (including phenoxy) is 1. The molecule has 6 heteroatoms. The van der Waals surface area contributed by atoms with E-state index in [1.54, 1.807) is 4.90 Å². The molecule has 0 aromatic heterocycles. The SMILES string of the molecule is CC(C)(C)OC(=O)N1CCC(C(Cc2cccc(Br)c2)C(=O)O)C1. The summed E-state index contributed by atoms with van der Waals surface area (Å²) >= 11 is 3.41. The minimum absolute atomic E-state index is 0.0611. The van der Waals surface area contributed by atoms with Gasteiger partial charge in [-0.05, 0) is 57.2 Å². The summed E-state index contributed by atoms with van der Waals surface area (Å²) in [6, 6.07) is 7.69. The molecule has 1 saturated heterocycles. The van der Waals surface area contributed by atoms with Crippen LogP contribution in [0.5, 0.6) is 0 Å². The molecular formula is C18H24BrNO4. The van der Waals surface area contributed by atoms with Crippen molar-refractivity contribution >= 4 is 28.0 Å². The van der Waals surface area contributed by atoms with Gasteiger partial charge in [-0.25, -0.2) is 4.79 Å². The van der Waals surface area contributed by atoms with E-state index in [2.05, 4.69) is 15.9 Å². The highest BCUT2D eigenvalue weighted by molar-refractivity contribution is 9.10. The lowest BCUT2D eigenvalue weighted by molar-refractivity contribution is -0.143. The van der Waals surface area contributed by atoms with E-state index >= 15 is 0 Å². The second-order valence-corrected chi connectivity index (χ2v) is 8.17. The van der Waals surface area contributed by atoms with E-state index in [0.29, 0.717) is 25.9 Å². The first-order chi connectivity index (χ1) is 11.2. The number of aliphatic carboxylic acids is 1. The van der Waals surface area contributed by atoms with E-state index in [0.717, 1.165) is 10.0 Å². The number of benzene rings is 1. The fourth-order valence-electron chi connectivity index (χ4n) is 2.98. The van der Waals surface area contributed by atoms with Crippen molar-refractivity contribution in [1.29, 1.82) is 0 Å². The number of carboxylic acids is 1. The van der Waals surface area contributed by atoms with Crippen LogP contribution >= 0.6 is 15.9 Å².